The number of anilines is 1. The molecule has 2 N–H and O–H groups in total. The maximum atomic E-state index is 6.02. The molecule has 0 radical (unpaired) electrons. The number of allylic oxidation sites excluding steroid dienone is 2. The maximum Gasteiger partial charge on any atom is 0.122 e. The van der Waals surface area contributed by atoms with Crippen molar-refractivity contribution in [3.05, 3.63) is 60.3 Å². The molecule has 1 aliphatic carbocycles. The van der Waals surface area contributed by atoms with Gasteiger partial charge in [-0.1, -0.05) is 42.5 Å². The molecule has 19 heavy (non-hydrogen) atoms. The Kier molecular flexibility index (Phi) is 2.90. The Bertz CT molecular complexity index is 585. The number of benzene rings is 1. The Hall–Kier alpha value is -2.03. The van der Waals surface area contributed by atoms with Crippen molar-refractivity contribution in [1.82, 2.24) is 9.78 Å². The van der Waals surface area contributed by atoms with Crippen molar-refractivity contribution >= 4 is 5.82 Å². The molecule has 0 saturated carbocycles. The lowest BCUT2D eigenvalue weighted by Gasteiger charge is -2.36. The fraction of sp³-hybridized carbons (Fsp3) is 0.312. The molecule has 0 bridgehead atoms. The minimum absolute atomic E-state index is 0.0388. The van der Waals surface area contributed by atoms with Crippen LogP contribution in [0.4, 0.5) is 5.82 Å². The van der Waals surface area contributed by atoms with Crippen molar-refractivity contribution < 1.29 is 0 Å². The van der Waals surface area contributed by atoms with Gasteiger partial charge >= 0.3 is 0 Å². The Labute approximate surface area is 113 Å². The van der Waals surface area contributed by atoms with Crippen LogP contribution >= 0.6 is 0 Å². The number of hydrogen-bond donors (Lipinski definition) is 1. The van der Waals surface area contributed by atoms with Crippen LogP contribution in [0.25, 0.3) is 0 Å². The second-order valence-corrected chi connectivity index (χ2v) is 5.52. The summed E-state index contributed by atoms with van der Waals surface area (Å²) >= 11 is 0. The van der Waals surface area contributed by atoms with Gasteiger partial charge in [-0.25, -0.2) is 4.68 Å². The lowest BCUT2D eigenvalue weighted by Crippen LogP contribution is -2.35. The average Bonchev–Trinajstić information content (AvgIpc) is 2.87. The summed E-state index contributed by atoms with van der Waals surface area (Å²) in [5.74, 6) is 1.17. The van der Waals surface area contributed by atoms with E-state index in [9.17, 15) is 0 Å². The summed E-state index contributed by atoms with van der Waals surface area (Å²) in [6.07, 6.45) is 8.33. The number of nitrogens with zero attached hydrogens (tertiary/aromatic N) is 2. The molecule has 0 aliphatic heterocycles. The van der Waals surface area contributed by atoms with Crippen molar-refractivity contribution in [2.24, 2.45) is 0 Å². The van der Waals surface area contributed by atoms with E-state index in [0.29, 0.717) is 5.92 Å². The molecule has 0 saturated heterocycles. The van der Waals surface area contributed by atoms with Crippen molar-refractivity contribution in [3.63, 3.8) is 0 Å². The van der Waals surface area contributed by atoms with E-state index in [1.165, 1.54) is 5.56 Å². The van der Waals surface area contributed by atoms with Crippen LogP contribution in [0, 0.1) is 0 Å². The molecular formula is C16H19N3. The fourth-order valence-electron chi connectivity index (χ4n) is 2.98. The molecule has 3 nitrogen and oxygen atoms in total. The second kappa shape index (κ2) is 4.57. The van der Waals surface area contributed by atoms with E-state index in [2.05, 4.69) is 54.5 Å². The van der Waals surface area contributed by atoms with Crippen LogP contribution in [0.1, 0.15) is 31.2 Å². The van der Waals surface area contributed by atoms with E-state index < -0.39 is 0 Å². The quantitative estimate of drug-likeness (QED) is 0.834. The molecule has 0 fully saturated rings. The van der Waals surface area contributed by atoms with Crippen LogP contribution in [-0.2, 0) is 5.54 Å². The minimum atomic E-state index is -0.0388. The normalized spacial score (nSPS) is 26.5. The van der Waals surface area contributed by atoms with Gasteiger partial charge in [-0.05, 0) is 31.4 Å². The van der Waals surface area contributed by atoms with E-state index in [1.54, 1.807) is 6.20 Å². The molecule has 2 unspecified atom stereocenters. The van der Waals surface area contributed by atoms with Gasteiger partial charge in [0.25, 0.3) is 0 Å². The molecule has 0 amide bonds. The van der Waals surface area contributed by atoms with Crippen molar-refractivity contribution in [1.29, 1.82) is 0 Å². The molecule has 1 heterocycles. The number of nitrogens with two attached hydrogens (primary N) is 1. The van der Waals surface area contributed by atoms with Crippen molar-refractivity contribution in [2.45, 2.75) is 31.2 Å². The van der Waals surface area contributed by atoms with Gasteiger partial charge in [0.15, 0.2) is 0 Å². The highest BCUT2D eigenvalue weighted by Crippen LogP contribution is 2.39. The Morgan fingerprint density at radius 3 is 2.74 bits per heavy atom. The van der Waals surface area contributed by atoms with Gasteiger partial charge in [-0.3, -0.25) is 0 Å². The second-order valence-electron chi connectivity index (χ2n) is 5.52. The third-order valence-electron chi connectivity index (χ3n) is 4.00. The summed E-state index contributed by atoms with van der Waals surface area (Å²) in [5, 5.41) is 4.40. The average molecular weight is 253 g/mol. The molecule has 98 valence electrons. The molecular weight excluding hydrogens is 234 g/mol. The largest absolute Gasteiger partial charge is 0.384 e. The van der Waals surface area contributed by atoms with E-state index in [0.717, 1.165) is 18.7 Å². The first-order valence-corrected chi connectivity index (χ1v) is 6.71. The number of nitrogen functional groups attached to an aromatic ring is 1. The van der Waals surface area contributed by atoms with Crippen LogP contribution in [-0.4, -0.2) is 9.78 Å². The molecule has 0 spiro atoms. The standard InChI is InChI=1S/C16H19N3/c1-16(19-15(17)9-11-18-19)10-5-8-14(12-16)13-6-3-2-4-7-13/h2-9,11,14H,10,12,17H2,1H3. The van der Waals surface area contributed by atoms with Gasteiger partial charge in [0.1, 0.15) is 5.82 Å². The van der Waals surface area contributed by atoms with Crippen molar-refractivity contribution in [2.75, 3.05) is 5.73 Å². The van der Waals surface area contributed by atoms with Crippen LogP contribution in [0.5, 0.6) is 0 Å². The van der Waals surface area contributed by atoms with E-state index in [1.807, 2.05) is 10.7 Å². The Morgan fingerprint density at radius 1 is 1.26 bits per heavy atom. The number of aromatic nitrogens is 2. The first kappa shape index (κ1) is 12.0. The summed E-state index contributed by atoms with van der Waals surface area (Å²) in [7, 11) is 0. The zero-order valence-corrected chi connectivity index (χ0v) is 11.2. The highest BCUT2D eigenvalue weighted by molar-refractivity contribution is 5.31. The molecule has 3 heteroatoms. The predicted octanol–water partition coefficient (Wildman–Crippen LogP) is 3.31. The Balaban J connectivity index is 1.92. The van der Waals surface area contributed by atoms with Gasteiger partial charge in [-0.15, -0.1) is 0 Å². The van der Waals surface area contributed by atoms with Crippen molar-refractivity contribution in [3.8, 4) is 0 Å². The van der Waals surface area contributed by atoms with Gasteiger partial charge in [0.2, 0.25) is 0 Å². The van der Waals surface area contributed by atoms with E-state index in [-0.39, 0.29) is 5.54 Å². The van der Waals surface area contributed by atoms with Crippen LogP contribution in [0.2, 0.25) is 0 Å². The lowest BCUT2D eigenvalue weighted by atomic mass is 9.78. The van der Waals surface area contributed by atoms with Crippen LogP contribution < -0.4 is 5.73 Å². The van der Waals surface area contributed by atoms with Crippen LogP contribution in [0.15, 0.2) is 54.7 Å². The molecule has 3 rings (SSSR count). The third-order valence-corrected chi connectivity index (χ3v) is 4.00. The van der Waals surface area contributed by atoms with E-state index >= 15 is 0 Å². The number of hydrogen-bond acceptors (Lipinski definition) is 2. The maximum absolute atomic E-state index is 6.02. The number of rotatable bonds is 2. The minimum Gasteiger partial charge on any atom is -0.384 e. The van der Waals surface area contributed by atoms with Gasteiger partial charge < -0.3 is 5.73 Å². The summed E-state index contributed by atoms with van der Waals surface area (Å²) < 4.78 is 1.96. The zero-order chi connectivity index (χ0) is 13.3. The fourth-order valence-corrected chi connectivity index (χ4v) is 2.98. The Morgan fingerprint density at radius 2 is 2.05 bits per heavy atom. The molecule has 1 aliphatic rings. The molecule has 1 aromatic carbocycles. The monoisotopic (exact) mass is 253 g/mol. The first-order chi connectivity index (χ1) is 9.19. The van der Waals surface area contributed by atoms with E-state index in [4.69, 9.17) is 5.73 Å². The highest BCUT2D eigenvalue weighted by atomic mass is 15.3. The molecule has 2 atom stereocenters. The van der Waals surface area contributed by atoms with Gasteiger partial charge in [-0.2, -0.15) is 5.10 Å². The summed E-state index contributed by atoms with van der Waals surface area (Å²) in [6, 6.07) is 12.5. The SMILES string of the molecule is CC1(n2nccc2N)CC=CC(c2ccccc2)C1. The van der Waals surface area contributed by atoms with Crippen LogP contribution in [0.3, 0.4) is 0 Å². The summed E-state index contributed by atoms with van der Waals surface area (Å²) in [6.45, 7) is 2.23. The first-order valence-electron chi connectivity index (χ1n) is 6.71. The zero-order valence-electron chi connectivity index (χ0n) is 11.2. The molecule has 1 aromatic heterocycles. The topological polar surface area (TPSA) is 43.8 Å². The third kappa shape index (κ3) is 2.16. The van der Waals surface area contributed by atoms with Gasteiger partial charge in [0, 0.05) is 5.92 Å². The lowest BCUT2D eigenvalue weighted by molar-refractivity contribution is 0.251. The summed E-state index contributed by atoms with van der Waals surface area (Å²) in [5.41, 5.74) is 7.34. The predicted molar refractivity (Wildman–Crippen MR) is 77.8 cm³/mol. The highest BCUT2D eigenvalue weighted by Gasteiger charge is 2.33. The smallest absolute Gasteiger partial charge is 0.122 e. The van der Waals surface area contributed by atoms with Gasteiger partial charge in [0.05, 0.1) is 11.7 Å². The molecule has 2 aromatic rings. The summed E-state index contributed by atoms with van der Waals surface area (Å²) in [4.78, 5) is 0.